The molecule has 0 saturated carbocycles. The van der Waals surface area contributed by atoms with Crippen LogP contribution in [-0.4, -0.2) is 27.6 Å². The first-order chi connectivity index (χ1) is 10.8. The summed E-state index contributed by atoms with van der Waals surface area (Å²) in [5.41, 5.74) is 1.26. The first-order valence-corrected chi connectivity index (χ1v) is 9.05. The molecule has 2 unspecified atom stereocenters. The predicted molar refractivity (Wildman–Crippen MR) is 90.8 cm³/mol. The molecule has 118 valence electrons. The average molecular weight is 316 g/mol. The Balaban J connectivity index is 1.67. The molecule has 3 nitrogen and oxygen atoms in total. The van der Waals surface area contributed by atoms with Gasteiger partial charge < -0.3 is 5.11 Å². The number of aliphatic hydroxyl groups is 1. The number of likely N-dealkylation sites (tertiary alicyclic amines) is 1. The van der Waals surface area contributed by atoms with Crippen molar-refractivity contribution in [2.75, 3.05) is 6.54 Å². The number of rotatable bonds is 5. The molecule has 22 heavy (non-hydrogen) atoms. The summed E-state index contributed by atoms with van der Waals surface area (Å²) in [6.45, 7) is 2.06. The van der Waals surface area contributed by atoms with E-state index in [0.29, 0.717) is 6.04 Å². The second-order valence-corrected chi connectivity index (χ2v) is 7.08. The Morgan fingerprint density at radius 1 is 1.27 bits per heavy atom. The molecule has 0 aromatic carbocycles. The monoisotopic (exact) mass is 316 g/mol. The maximum atomic E-state index is 10.5. The summed E-state index contributed by atoms with van der Waals surface area (Å²) in [5, 5.41) is 12.5. The van der Waals surface area contributed by atoms with Gasteiger partial charge in [-0.05, 0) is 48.9 Å². The first kappa shape index (κ1) is 15.7. The number of aromatic nitrogens is 1. The normalized spacial score (nSPS) is 21.4. The van der Waals surface area contributed by atoms with Gasteiger partial charge in [0.15, 0.2) is 0 Å². The van der Waals surface area contributed by atoms with Crippen LogP contribution < -0.4 is 0 Å². The highest BCUT2D eigenvalue weighted by atomic mass is 32.1. The van der Waals surface area contributed by atoms with Gasteiger partial charge in [-0.3, -0.25) is 9.88 Å². The summed E-state index contributed by atoms with van der Waals surface area (Å²) in [7, 11) is 0. The van der Waals surface area contributed by atoms with Crippen molar-refractivity contribution in [2.24, 2.45) is 0 Å². The number of aliphatic hydroxyl groups excluding tert-OH is 1. The highest BCUT2D eigenvalue weighted by molar-refractivity contribution is 7.10. The van der Waals surface area contributed by atoms with Gasteiger partial charge in [0, 0.05) is 29.9 Å². The molecule has 2 atom stereocenters. The zero-order valence-corrected chi connectivity index (χ0v) is 13.7. The Morgan fingerprint density at radius 2 is 2.23 bits per heavy atom. The third kappa shape index (κ3) is 4.15. The van der Waals surface area contributed by atoms with Crippen molar-refractivity contribution in [2.45, 2.75) is 50.8 Å². The van der Waals surface area contributed by atoms with E-state index in [0.717, 1.165) is 24.4 Å². The molecule has 3 heterocycles. The minimum absolute atomic E-state index is 0.334. The van der Waals surface area contributed by atoms with Crippen LogP contribution >= 0.6 is 11.3 Å². The van der Waals surface area contributed by atoms with Crippen LogP contribution in [0.4, 0.5) is 0 Å². The molecule has 1 N–H and O–H groups in total. The molecule has 1 saturated heterocycles. The van der Waals surface area contributed by atoms with Gasteiger partial charge in [-0.15, -0.1) is 11.3 Å². The van der Waals surface area contributed by atoms with E-state index in [4.69, 9.17) is 0 Å². The van der Waals surface area contributed by atoms with E-state index in [2.05, 4.69) is 16.0 Å². The molecule has 2 aromatic heterocycles. The van der Waals surface area contributed by atoms with Crippen molar-refractivity contribution >= 4 is 11.3 Å². The first-order valence-electron chi connectivity index (χ1n) is 8.17. The standard InChI is InChI=1S/C18H24N2OS/c21-17(18-8-5-11-22-18)12-16-7-2-1-3-10-20(16)14-15-6-4-9-19-13-15/h4-6,8-9,11,13,16-17,21H,1-3,7,10,12,14H2. The number of thiophene rings is 1. The van der Waals surface area contributed by atoms with Gasteiger partial charge in [0.05, 0.1) is 6.10 Å². The third-order valence-corrected chi connectivity index (χ3v) is 5.45. The van der Waals surface area contributed by atoms with Crippen LogP contribution in [0.15, 0.2) is 42.0 Å². The van der Waals surface area contributed by atoms with Gasteiger partial charge in [-0.1, -0.05) is 25.0 Å². The van der Waals surface area contributed by atoms with Crippen LogP contribution in [0.2, 0.25) is 0 Å². The van der Waals surface area contributed by atoms with Gasteiger partial charge >= 0.3 is 0 Å². The second kappa shape index (κ2) is 7.86. The number of hydrogen-bond donors (Lipinski definition) is 1. The average Bonchev–Trinajstić information content (AvgIpc) is 3.00. The molecule has 0 bridgehead atoms. The summed E-state index contributed by atoms with van der Waals surface area (Å²) >= 11 is 1.65. The molecule has 0 amide bonds. The number of hydrogen-bond acceptors (Lipinski definition) is 4. The van der Waals surface area contributed by atoms with Crippen molar-refractivity contribution in [3.63, 3.8) is 0 Å². The van der Waals surface area contributed by atoms with Crippen LogP contribution in [0, 0.1) is 0 Å². The van der Waals surface area contributed by atoms with Crippen molar-refractivity contribution < 1.29 is 5.11 Å². The quantitative estimate of drug-likeness (QED) is 0.905. The lowest BCUT2D eigenvalue weighted by Gasteiger charge is -2.31. The van der Waals surface area contributed by atoms with Crippen molar-refractivity contribution in [1.29, 1.82) is 0 Å². The summed E-state index contributed by atoms with van der Waals surface area (Å²) in [5.74, 6) is 0. The topological polar surface area (TPSA) is 36.4 Å². The molecular formula is C18H24N2OS. The SMILES string of the molecule is OC(CC1CCCCCN1Cc1cccnc1)c1cccs1. The maximum absolute atomic E-state index is 10.5. The Labute approximate surface area is 136 Å². The van der Waals surface area contributed by atoms with E-state index in [9.17, 15) is 5.11 Å². The molecule has 1 aliphatic heterocycles. The van der Waals surface area contributed by atoms with Crippen molar-refractivity contribution in [1.82, 2.24) is 9.88 Å². The Bertz CT molecular complexity index is 543. The van der Waals surface area contributed by atoms with Gasteiger partial charge in [-0.25, -0.2) is 0 Å². The van der Waals surface area contributed by atoms with E-state index in [1.165, 1.54) is 31.2 Å². The molecule has 1 aliphatic rings. The fraction of sp³-hybridized carbons (Fsp3) is 0.500. The van der Waals surface area contributed by atoms with E-state index in [1.54, 1.807) is 11.3 Å². The lowest BCUT2D eigenvalue weighted by Crippen LogP contribution is -2.35. The van der Waals surface area contributed by atoms with Gasteiger partial charge in [-0.2, -0.15) is 0 Å². The zero-order chi connectivity index (χ0) is 15.2. The van der Waals surface area contributed by atoms with E-state index in [1.807, 2.05) is 36.0 Å². The molecule has 0 aliphatic carbocycles. The van der Waals surface area contributed by atoms with Crippen LogP contribution in [-0.2, 0) is 6.54 Å². The fourth-order valence-electron chi connectivity index (χ4n) is 3.29. The summed E-state index contributed by atoms with van der Waals surface area (Å²) < 4.78 is 0. The molecule has 2 aromatic rings. The minimum atomic E-state index is -0.334. The van der Waals surface area contributed by atoms with E-state index >= 15 is 0 Å². The van der Waals surface area contributed by atoms with Crippen LogP contribution in [0.5, 0.6) is 0 Å². The lowest BCUT2D eigenvalue weighted by molar-refractivity contribution is 0.0995. The smallest absolute Gasteiger partial charge is 0.0896 e. The van der Waals surface area contributed by atoms with Crippen molar-refractivity contribution in [3.8, 4) is 0 Å². The molecule has 0 spiro atoms. The Kier molecular flexibility index (Phi) is 5.59. The highest BCUT2D eigenvalue weighted by Crippen LogP contribution is 2.29. The maximum Gasteiger partial charge on any atom is 0.0896 e. The molecular weight excluding hydrogens is 292 g/mol. The summed E-state index contributed by atoms with van der Waals surface area (Å²) in [4.78, 5) is 7.86. The molecule has 4 heteroatoms. The largest absolute Gasteiger partial charge is 0.388 e. The lowest BCUT2D eigenvalue weighted by atomic mass is 10.0. The Hall–Kier alpha value is -1.23. The second-order valence-electron chi connectivity index (χ2n) is 6.10. The summed E-state index contributed by atoms with van der Waals surface area (Å²) in [6.07, 6.45) is 9.29. The van der Waals surface area contributed by atoms with E-state index in [-0.39, 0.29) is 6.10 Å². The zero-order valence-electron chi connectivity index (χ0n) is 12.9. The van der Waals surface area contributed by atoms with Crippen LogP contribution in [0.25, 0.3) is 0 Å². The van der Waals surface area contributed by atoms with E-state index < -0.39 is 0 Å². The predicted octanol–water partition coefficient (Wildman–Crippen LogP) is 4.01. The summed E-state index contributed by atoms with van der Waals surface area (Å²) in [6, 6.07) is 8.66. The van der Waals surface area contributed by atoms with Crippen LogP contribution in [0.1, 0.15) is 48.6 Å². The van der Waals surface area contributed by atoms with Gasteiger partial charge in [0.25, 0.3) is 0 Å². The minimum Gasteiger partial charge on any atom is -0.388 e. The van der Waals surface area contributed by atoms with Gasteiger partial charge in [0.1, 0.15) is 0 Å². The number of nitrogens with zero attached hydrogens (tertiary/aromatic N) is 2. The molecule has 0 radical (unpaired) electrons. The highest BCUT2D eigenvalue weighted by Gasteiger charge is 2.24. The third-order valence-electron chi connectivity index (χ3n) is 4.47. The van der Waals surface area contributed by atoms with Gasteiger partial charge in [0.2, 0.25) is 0 Å². The molecule has 1 fully saturated rings. The molecule has 3 rings (SSSR count). The Morgan fingerprint density at radius 3 is 3.00 bits per heavy atom. The number of pyridine rings is 1. The fourth-order valence-corrected chi connectivity index (χ4v) is 4.02. The van der Waals surface area contributed by atoms with Crippen molar-refractivity contribution in [3.05, 3.63) is 52.5 Å². The van der Waals surface area contributed by atoms with Crippen LogP contribution in [0.3, 0.4) is 0 Å².